The number of hydrogen-bond acceptors (Lipinski definition) is 2. The summed E-state index contributed by atoms with van der Waals surface area (Å²) in [6.45, 7) is 4.68. The lowest BCUT2D eigenvalue weighted by Crippen LogP contribution is -2.18. The number of halogens is 3. The molecule has 2 aromatic rings. The van der Waals surface area contributed by atoms with Gasteiger partial charge >= 0.3 is 0 Å². The molecule has 0 amide bonds. The van der Waals surface area contributed by atoms with Crippen LogP contribution in [0.15, 0.2) is 40.9 Å². The standard InChI is InChI=1S/C16H16BrF2NO/c1-3-20-10(2)13-8-11(18)4-7-16(13)21-12-5-6-15(19)14(17)9-12/h4-10,20H,3H2,1-2H3. The van der Waals surface area contributed by atoms with E-state index in [0.29, 0.717) is 16.0 Å². The van der Waals surface area contributed by atoms with E-state index in [1.165, 1.54) is 24.3 Å². The van der Waals surface area contributed by atoms with E-state index >= 15 is 0 Å². The molecule has 112 valence electrons. The topological polar surface area (TPSA) is 21.3 Å². The van der Waals surface area contributed by atoms with Crippen LogP contribution in [0, 0.1) is 11.6 Å². The molecule has 2 rings (SSSR count). The first-order valence-corrected chi connectivity index (χ1v) is 7.46. The lowest BCUT2D eigenvalue weighted by molar-refractivity contribution is 0.458. The van der Waals surface area contributed by atoms with Gasteiger partial charge in [-0.15, -0.1) is 0 Å². The first kappa shape index (κ1) is 15.9. The Labute approximate surface area is 131 Å². The molecule has 0 aliphatic carbocycles. The summed E-state index contributed by atoms with van der Waals surface area (Å²) in [5.74, 6) is 0.355. The Kier molecular flexibility index (Phi) is 5.31. The molecular formula is C16H16BrF2NO. The van der Waals surface area contributed by atoms with Crippen molar-refractivity contribution in [1.29, 1.82) is 0 Å². The van der Waals surface area contributed by atoms with Crippen molar-refractivity contribution in [2.45, 2.75) is 19.9 Å². The van der Waals surface area contributed by atoms with Crippen molar-refractivity contribution >= 4 is 15.9 Å². The van der Waals surface area contributed by atoms with Gasteiger partial charge in [-0.1, -0.05) is 6.92 Å². The maximum atomic E-state index is 13.5. The van der Waals surface area contributed by atoms with Crippen LogP contribution in [0.2, 0.25) is 0 Å². The van der Waals surface area contributed by atoms with Crippen molar-refractivity contribution in [3.8, 4) is 11.5 Å². The summed E-state index contributed by atoms with van der Waals surface area (Å²) in [5.41, 5.74) is 0.720. The summed E-state index contributed by atoms with van der Waals surface area (Å²) in [5, 5.41) is 3.22. The molecular weight excluding hydrogens is 340 g/mol. The predicted octanol–water partition coefficient (Wildman–Crippen LogP) is 5.19. The summed E-state index contributed by atoms with van der Waals surface area (Å²) >= 11 is 3.12. The average molecular weight is 356 g/mol. The van der Waals surface area contributed by atoms with Crippen LogP contribution >= 0.6 is 15.9 Å². The number of ether oxygens (including phenoxy) is 1. The molecule has 0 radical (unpaired) electrons. The van der Waals surface area contributed by atoms with Crippen LogP contribution in [0.3, 0.4) is 0 Å². The summed E-state index contributed by atoms with van der Waals surface area (Å²) in [6.07, 6.45) is 0. The van der Waals surface area contributed by atoms with Crippen molar-refractivity contribution < 1.29 is 13.5 Å². The van der Waals surface area contributed by atoms with E-state index in [0.717, 1.165) is 12.1 Å². The molecule has 0 aromatic heterocycles. The molecule has 21 heavy (non-hydrogen) atoms. The van der Waals surface area contributed by atoms with Gasteiger partial charge in [0, 0.05) is 11.6 Å². The van der Waals surface area contributed by atoms with E-state index in [1.807, 2.05) is 13.8 Å². The van der Waals surface area contributed by atoms with E-state index in [9.17, 15) is 8.78 Å². The van der Waals surface area contributed by atoms with Crippen molar-refractivity contribution in [1.82, 2.24) is 5.32 Å². The van der Waals surface area contributed by atoms with Gasteiger partial charge in [0.1, 0.15) is 23.1 Å². The van der Waals surface area contributed by atoms with E-state index in [1.54, 1.807) is 12.1 Å². The summed E-state index contributed by atoms with van der Waals surface area (Å²) in [4.78, 5) is 0. The van der Waals surface area contributed by atoms with Gasteiger partial charge in [-0.2, -0.15) is 0 Å². The highest BCUT2D eigenvalue weighted by Crippen LogP contribution is 2.32. The Morgan fingerprint density at radius 1 is 1.19 bits per heavy atom. The van der Waals surface area contributed by atoms with Crippen molar-refractivity contribution in [3.63, 3.8) is 0 Å². The van der Waals surface area contributed by atoms with E-state index in [-0.39, 0.29) is 17.7 Å². The molecule has 0 spiro atoms. The van der Waals surface area contributed by atoms with Crippen LogP contribution in [0.1, 0.15) is 25.5 Å². The monoisotopic (exact) mass is 355 g/mol. The van der Waals surface area contributed by atoms with E-state index in [4.69, 9.17) is 4.74 Å². The first-order valence-electron chi connectivity index (χ1n) is 6.67. The van der Waals surface area contributed by atoms with Crippen molar-refractivity contribution in [3.05, 3.63) is 58.1 Å². The fourth-order valence-corrected chi connectivity index (χ4v) is 2.39. The van der Waals surface area contributed by atoms with E-state index in [2.05, 4.69) is 21.2 Å². The zero-order chi connectivity index (χ0) is 15.4. The maximum absolute atomic E-state index is 13.5. The lowest BCUT2D eigenvalue weighted by Gasteiger charge is -2.17. The second kappa shape index (κ2) is 7.00. The minimum absolute atomic E-state index is 0.0513. The van der Waals surface area contributed by atoms with Gasteiger partial charge in [0.25, 0.3) is 0 Å². The molecule has 0 heterocycles. The zero-order valence-corrected chi connectivity index (χ0v) is 13.4. The number of hydrogen-bond donors (Lipinski definition) is 1. The number of benzene rings is 2. The molecule has 1 N–H and O–H groups in total. The van der Waals surface area contributed by atoms with E-state index < -0.39 is 0 Å². The van der Waals surface area contributed by atoms with Gasteiger partial charge < -0.3 is 10.1 Å². The quantitative estimate of drug-likeness (QED) is 0.796. The van der Waals surface area contributed by atoms with Crippen LogP contribution < -0.4 is 10.1 Å². The first-order chi connectivity index (χ1) is 10.0. The van der Waals surface area contributed by atoms with Crippen LogP contribution in [-0.4, -0.2) is 6.54 Å². The van der Waals surface area contributed by atoms with Gasteiger partial charge in [0.05, 0.1) is 4.47 Å². The Bertz CT molecular complexity index is 634. The van der Waals surface area contributed by atoms with Gasteiger partial charge in [-0.05, 0) is 65.8 Å². The normalized spacial score (nSPS) is 12.2. The second-order valence-corrected chi connectivity index (χ2v) is 5.49. The van der Waals surface area contributed by atoms with Gasteiger partial charge in [0.2, 0.25) is 0 Å². The molecule has 1 unspecified atom stereocenters. The number of rotatable bonds is 5. The second-order valence-electron chi connectivity index (χ2n) is 4.64. The Balaban J connectivity index is 2.32. The molecule has 0 saturated heterocycles. The largest absolute Gasteiger partial charge is 0.457 e. The molecule has 0 fully saturated rings. The third kappa shape index (κ3) is 4.02. The third-order valence-electron chi connectivity index (χ3n) is 3.07. The van der Waals surface area contributed by atoms with Crippen LogP contribution in [-0.2, 0) is 0 Å². The smallest absolute Gasteiger partial charge is 0.137 e. The van der Waals surface area contributed by atoms with Crippen molar-refractivity contribution in [2.24, 2.45) is 0 Å². The number of nitrogens with one attached hydrogen (secondary N) is 1. The Morgan fingerprint density at radius 2 is 1.95 bits per heavy atom. The minimum Gasteiger partial charge on any atom is -0.457 e. The SMILES string of the molecule is CCNC(C)c1cc(F)ccc1Oc1ccc(F)c(Br)c1. The van der Waals surface area contributed by atoms with Gasteiger partial charge in [-0.3, -0.25) is 0 Å². The zero-order valence-electron chi connectivity index (χ0n) is 11.8. The average Bonchev–Trinajstić information content (AvgIpc) is 2.45. The summed E-state index contributed by atoms with van der Waals surface area (Å²) in [6, 6.07) is 8.71. The van der Waals surface area contributed by atoms with Crippen LogP contribution in [0.25, 0.3) is 0 Å². The summed E-state index contributed by atoms with van der Waals surface area (Å²) in [7, 11) is 0. The highest BCUT2D eigenvalue weighted by atomic mass is 79.9. The highest BCUT2D eigenvalue weighted by Gasteiger charge is 2.13. The fourth-order valence-electron chi connectivity index (χ4n) is 2.03. The molecule has 0 aliphatic rings. The van der Waals surface area contributed by atoms with Crippen LogP contribution in [0.4, 0.5) is 8.78 Å². The summed E-state index contributed by atoms with van der Waals surface area (Å²) < 4.78 is 32.8. The molecule has 1 atom stereocenters. The Morgan fingerprint density at radius 3 is 2.62 bits per heavy atom. The molecule has 2 aromatic carbocycles. The third-order valence-corrected chi connectivity index (χ3v) is 3.68. The maximum Gasteiger partial charge on any atom is 0.137 e. The van der Waals surface area contributed by atoms with Gasteiger partial charge in [-0.25, -0.2) is 8.78 Å². The molecule has 5 heteroatoms. The predicted molar refractivity (Wildman–Crippen MR) is 82.7 cm³/mol. The molecule has 0 bridgehead atoms. The minimum atomic E-state index is -0.359. The highest BCUT2D eigenvalue weighted by molar-refractivity contribution is 9.10. The van der Waals surface area contributed by atoms with Gasteiger partial charge in [0.15, 0.2) is 0 Å². The van der Waals surface area contributed by atoms with Crippen molar-refractivity contribution in [2.75, 3.05) is 6.54 Å². The molecule has 2 nitrogen and oxygen atoms in total. The fraction of sp³-hybridized carbons (Fsp3) is 0.250. The Hall–Kier alpha value is -1.46. The molecule has 0 saturated carbocycles. The van der Waals surface area contributed by atoms with Crippen LogP contribution in [0.5, 0.6) is 11.5 Å². The lowest BCUT2D eigenvalue weighted by atomic mass is 10.1. The molecule has 0 aliphatic heterocycles.